The number of likely N-dealkylation sites (tertiary alicyclic amines) is 1. The van der Waals surface area contributed by atoms with Gasteiger partial charge in [-0.2, -0.15) is 0 Å². The third-order valence-corrected chi connectivity index (χ3v) is 2.35. The third kappa shape index (κ3) is 4.67. The van der Waals surface area contributed by atoms with Gasteiger partial charge in [-0.25, -0.2) is 9.59 Å². The molecule has 1 amide bonds. The molecule has 0 aromatic carbocycles. The Morgan fingerprint density at radius 2 is 1.71 bits per heavy atom. The number of carbonyl (C=O) groups excluding carboxylic acids is 3. The van der Waals surface area contributed by atoms with Gasteiger partial charge < -0.3 is 14.4 Å². The van der Waals surface area contributed by atoms with Crippen LogP contribution in [0.2, 0.25) is 0 Å². The number of hydrogen-bond acceptors (Lipinski definition) is 5. The van der Waals surface area contributed by atoms with Gasteiger partial charge in [-0.3, -0.25) is 4.79 Å². The van der Waals surface area contributed by atoms with E-state index < -0.39 is 11.9 Å². The van der Waals surface area contributed by atoms with E-state index in [1.54, 1.807) is 4.90 Å². The van der Waals surface area contributed by atoms with Crippen molar-refractivity contribution in [3.05, 3.63) is 12.2 Å². The van der Waals surface area contributed by atoms with E-state index in [0.717, 1.165) is 25.0 Å². The number of ether oxygens (including phenoxy) is 2. The van der Waals surface area contributed by atoms with E-state index in [-0.39, 0.29) is 12.5 Å². The van der Waals surface area contributed by atoms with Crippen LogP contribution in [0.1, 0.15) is 12.8 Å². The van der Waals surface area contributed by atoms with Crippen LogP contribution in [0.25, 0.3) is 0 Å². The van der Waals surface area contributed by atoms with Crippen molar-refractivity contribution < 1.29 is 23.9 Å². The van der Waals surface area contributed by atoms with E-state index in [2.05, 4.69) is 9.47 Å². The van der Waals surface area contributed by atoms with E-state index in [9.17, 15) is 14.4 Å². The molecule has 1 aliphatic rings. The highest BCUT2D eigenvalue weighted by Gasteiger charge is 2.18. The highest BCUT2D eigenvalue weighted by atomic mass is 16.5. The fraction of sp³-hybridized carbons (Fsp3) is 0.545. The normalized spacial score (nSPS) is 15.0. The molecule has 1 heterocycles. The maximum Gasteiger partial charge on any atom is 0.331 e. The van der Waals surface area contributed by atoms with Gasteiger partial charge in [-0.1, -0.05) is 0 Å². The molecule has 0 radical (unpaired) electrons. The molecule has 17 heavy (non-hydrogen) atoms. The summed E-state index contributed by atoms with van der Waals surface area (Å²) in [5, 5.41) is 0. The molecule has 1 aliphatic heterocycles. The highest BCUT2D eigenvalue weighted by Crippen LogP contribution is 2.07. The van der Waals surface area contributed by atoms with Crippen molar-refractivity contribution in [3.63, 3.8) is 0 Å². The van der Waals surface area contributed by atoms with Crippen LogP contribution < -0.4 is 0 Å². The molecule has 0 aliphatic carbocycles. The van der Waals surface area contributed by atoms with E-state index in [0.29, 0.717) is 13.1 Å². The van der Waals surface area contributed by atoms with Crippen molar-refractivity contribution in [2.24, 2.45) is 0 Å². The highest BCUT2D eigenvalue weighted by molar-refractivity contribution is 5.92. The van der Waals surface area contributed by atoms with E-state index in [1.807, 2.05) is 0 Å². The predicted molar refractivity (Wildman–Crippen MR) is 57.9 cm³/mol. The lowest BCUT2D eigenvalue weighted by Crippen LogP contribution is -2.31. The Morgan fingerprint density at radius 1 is 1.12 bits per heavy atom. The Morgan fingerprint density at radius 3 is 2.29 bits per heavy atom. The summed E-state index contributed by atoms with van der Waals surface area (Å²) in [5.41, 5.74) is 0. The molecule has 0 saturated carbocycles. The fourth-order valence-corrected chi connectivity index (χ4v) is 1.44. The summed E-state index contributed by atoms with van der Waals surface area (Å²) in [7, 11) is 1.20. The molecule has 6 nitrogen and oxygen atoms in total. The summed E-state index contributed by atoms with van der Waals surface area (Å²) in [5.74, 6) is -1.59. The van der Waals surface area contributed by atoms with Gasteiger partial charge in [0.25, 0.3) is 5.91 Å². The molecular weight excluding hydrogens is 226 g/mol. The zero-order chi connectivity index (χ0) is 12.7. The van der Waals surface area contributed by atoms with Crippen LogP contribution in [-0.2, 0) is 23.9 Å². The van der Waals surface area contributed by atoms with Crippen LogP contribution in [0.4, 0.5) is 0 Å². The van der Waals surface area contributed by atoms with Crippen LogP contribution in [0, 0.1) is 0 Å². The summed E-state index contributed by atoms with van der Waals surface area (Å²) >= 11 is 0. The molecule has 0 atom stereocenters. The van der Waals surface area contributed by atoms with Crippen molar-refractivity contribution in [1.29, 1.82) is 0 Å². The monoisotopic (exact) mass is 241 g/mol. The lowest BCUT2D eigenvalue weighted by molar-refractivity contribution is -0.147. The molecular formula is C11H15NO5. The number of rotatable bonds is 4. The van der Waals surface area contributed by atoms with Crippen LogP contribution >= 0.6 is 0 Å². The number of amides is 1. The number of esters is 2. The minimum absolute atomic E-state index is 0.206. The van der Waals surface area contributed by atoms with Gasteiger partial charge in [0.15, 0.2) is 6.61 Å². The first-order chi connectivity index (χ1) is 8.13. The average molecular weight is 241 g/mol. The number of nitrogens with zero attached hydrogens (tertiary/aromatic N) is 1. The molecule has 0 aromatic heterocycles. The van der Waals surface area contributed by atoms with Crippen molar-refractivity contribution in [2.45, 2.75) is 12.8 Å². The first-order valence-electron chi connectivity index (χ1n) is 5.34. The summed E-state index contributed by atoms with van der Waals surface area (Å²) in [6.45, 7) is 1.15. The first kappa shape index (κ1) is 13.2. The molecule has 0 unspecified atom stereocenters. The molecule has 1 saturated heterocycles. The molecule has 94 valence electrons. The summed E-state index contributed by atoms with van der Waals surface area (Å²) in [6.07, 6.45) is 3.86. The van der Waals surface area contributed by atoms with Crippen LogP contribution in [0.5, 0.6) is 0 Å². The number of carbonyl (C=O) groups is 3. The van der Waals surface area contributed by atoms with Gasteiger partial charge in [0.05, 0.1) is 7.11 Å². The Balaban J connectivity index is 2.25. The second-order valence-corrected chi connectivity index (χ2v) is 3.55. The molecule has 0 bridgehead atoms. The smallest absolute Gasteiger partial charge is 0.331 e. The Kier molecular flexibility index (Phi) is 5.19. The predicted octanol–water partition coefficient (Wildman–Crippen LogP) is -0.119. The lowest BCUT2D eigenvalue weighted by atomic mass is 10.4. The van der Waals surface area contributed by atoms with Crippen molar-refractivity contribution >= 4 is 17.8 Å². The first-order valence-corrected chi connectivity index (χ1v) is 5.34. The minimum atomic E-state index is -0.733. The minimum Gasteiger partial charge on any atom is -0.466 e. The maximum atomic E-state index is 11.5. The second-order valence-electron chi connectivity index (χ2n) is 3.55. The Labute approximate surface area is 99.2 Å². The summed E-state index contributed by atoms with van der Waals surface area (Å²) in [6, 6.07) is 0. The third-order valence-electron chi connectivity index (χ3n) is 2.35. The fourth-order valence-electron chi connectivity index (χ4n) is 1.44. The quantitative estimate of drug-likeness (QED) is 0.507. The van der Waals surface area contributed by atoms with Gasteiger partial charge in [0.2, 0.25) is 0 Å². The van der Waals surface area contributed by atoms with Gasteiger partial charge in [-0.05, 0) is 12.8 Å². The summed E-state index contributed by atoms with van der Waals surface area (Å²) in [4.78, 5) is 34.9. The van der Waals surface area contributed by atoms with Gasteiger partial charge in [0, 0.05) is 25.2 Å². The SMILES string of the molecule is COC(=O)C=CC(=O)OCC(=O)N1CCCC1. The van der Waals surface area contributed by atoms with Gasteiger partial charge in [0.1, 0.15) is 0 Å². The van der Waals surface area contributed by atoms with Crippen LogP contribution in [-0.4, -0.2) is 49.6 Å². The number of hydrogen-bond donors (Lipinski definition) is 0. The number of methoxy groups -OCH3 is 1. The molecule has 0 aromatic rings. The molecule has 1 rings (SSSR count). The van der Waals surface area contributed by atoms with E-state index in [4.69, 9.17) is 0 Å². The van der Waals surface area contributed by atoms with Crippen LogP contribution in [0.3, 0.4) is 0 Å². The van der Waals surface area contributed by atoms with E-state index in [1.165, 1.54) is 7.11 Å². The molecule has 6 heteroatoms. The largest absolute Gasteiger partial charge is 0.466 e. The second kappa shape index (κ2) is 6.67. The van der Waals surface area contributed by atoms with Gasteiger partial charge >= 0.3 is 11.9 Å². The Hall–Kier alpha value is -1.85. The lowest BCUT2D eigenvalue weighted by Gasteiger charge is -2.14. The van der Waals surface area contributed by atoms with E-state index >= 15 is 0 Å². The average Bonchev–Trinajstić information content (AvgIpc) is 2.86. The summed E-state index contributed by atoms with van der Waals surface area (Å²) < 4.78 is 8.99. The van der Waals surface area contributed by atoms with Crippen molar-refractivity contribution in [1.82, 2.24) is 4.90 Å². The standard InChI is InChI=1S/C11H15NO5/c1-16-10(14)4-5-11(15)17-8-9(13)12-6-2-3-7-12/h4-5H,2-3,6-8H2,1H3. The zero-order valence-electron chi connectivity index (χ0n) is 9.68. The molecule has 1 fully saturated rings. The van der Waals surface area contributed by atoms with Crippen molar-refractivity contribution in [2.75, 3.05) is 26.8 Å². The van der Waals surface area contributed by atoms with Gasteiger partial charge in [-0.15, -0.1) is 0 Å². The molecule has 0 spiro atoms. The van der Waals surface area contributed by atoms with Crippen LogP contribution in [0.15, 0.2) is 12.2 Å². The van der Waals surface area contributed by atoms with Crippen molar-refractivity contribution in [3.8, 4) is 0 Å². The molecule has 0 N–H and O–H groups in total. The maximum absolute atomic E-state index is 11.5. The zero-order valence-corrected chi connectivity index (χ0v) is 9.68. The Bertz CT molecular complexity index is 331. The topological polar surface area (TPSA) is 72.9 Å².